The number of fused-ring (bicyclic) bond motifs is 1. The Balaban J connectivity index is 2.25. The molecule has 0 aliphatic carbocycles. The molecular weight excluding hydrogens is 272 g/mol. The largest absolute Gasteiger partial charge is 0.383 e. The van der Waals surface area contributed by atoms with Crippen molar-refractivity contribution < 1.29 is 0 Å². The van der Waals surface area contributed by atoms with Gasteiger partial charge in [0.2, 0.25) is 0 Å². The lowest BCUT2D eigenvalue weighted by Crippen LogP contribution is -2.00. The summed E-state index contributed by atoms with van der Waals surface area (Å²) in [5.41, 5.74) is 8.54. The van der Waals surface area contributed by atoms with Crippen molar-refractivity contribution >= 4 is 28.3 Å². The zero-order chi connectivity index (χ0) is 14.1. The molecule has 0 amide bonds. The molecule has 2 heterocycles. The van der Waals surface area contributed by atoms with E-state index in [0.29, 0.717) is 23.1 Å². The van der Waals surface area contributed by atoms with Crippen molar-refractivity contribution in [1.29, 1.82) is 0 Å². The minimum absolute atomic E-state index is 0.596. The van der Waals surface area contributed by atoms with Gasteiger partial charge in [-0.25, -0.2) is 4.98 Å². The molecule has 0 radical (unpaired) electrons. The lowest BCUT2D eigenvalue weighted by Gasteiger charge is -2.07. The van der Waals surface area contributed by atoms with Gasteiger partial charge in [0.25, 0.3) is 0 Å². The van der Waals surface area contributed by atoms with Gasteiger partial charge in [-0.15, -0.1) is 6.58 Å². The van der Waals surface area contributed by atoms with Gasteiger partial charge in [0.1, 0.15) is 11.5 Å². The summed E-state index contributed by atoms with van der Waals surface area (Å²) in [5.74, 6) is 0.596. The molecule has 0 saturated carbocycles. The highest BCUT2D eigenvalue weighted by atomic mass is 35.5. The summed E-state index contributed by atoms with van der Waals surface area (Å²) >= 11 is 6.20. The SMILES string of the molecule is C=CCn1cnc(-c2ccc(Cl)c3cccnc23)c1N. The van der Waals surface area contributed by atoms with Gasteiger partial charge in [0.05, 0.1) is 16.9 Å². The Labute approximate surface area is 121 Å². The molecule has 4 nitrogen and oxygen atoms in total. The second kappa shape index (κ2) is 4.98. The summed E-state index contributed by atoms with van der Waals surface area (Å²) in [5, 5.41) is 1.56. The standard InChI is InChI=1S/C15H13ClN4/c1-2-8-20-9-19-14(15(20)17)11-5-6-12(16)10-4-3-7-18-13(10)11/h2-7,9H,1,8,17H2. The van der Waals surface area contributed by atoms with Crippen LogP contribution in [0.2, 0.25) is 5.02 Å². The van der Waals surface area contributed by atoms with Crippen LogP contribution in [0.5, 0.6) is 0 Å². The van der Waals surface area contributed by atoms with Crippen molar-refractivity contribution in [3.63, 3.8) is 0 Å². The highest BCUT2D eigenvalue weighted by molar-refractivity contribution is 6.35. The summed E-state index contributed by atoms with van der Waals surface area (Å²) in [7, 11) is 0. The predicted molar refractivity (Wildman–Crippen MR) is 82.6 cm³/mol. The van der Waals surface area contributed by atoms with Gasteiger partial charge < -0.3 is 10.3 Å². The smallest absolute Gasteiger partial charge is 0.131 e. The Bertz CT molecular complexity index is 792. The summed E-state index contributed by atoms with van der Waals surface area (Å²) in [6.07, 6.45) is 5.22. The number of anilines is 1. The number of aromatic nitrogens is 3. The highest BCUT2D eigenvalue weighted by Crippen LogP contribution is 2.33. The van der Waals surface area contributed by atoms with E-state index in [1.54, 1.807) is 18.6 Å². The number of nitrogen functional groups attached to an aromatic ring is 1. The zero-order valence-electron chi connectivity index (χ0n) is 10.8. The van der Waals surface area contributed by atoms with Crippen LogP contribution in [0.1, 0.15) is 0 Å². The number of nitrogens with two attached hydrogens (primary N) is 1. The number of hydrogen-bond acceptors (Lipinski definition) is 3. The lowest BCUT2D eigenvalue weighted by atomic mass is 10.1. The van der Waals surface area contributed by atoms with Crippen LogP contribution in [-0.4, -0.2) is 14.5 Å². The highest BCUT2D eigenvalue weighted by Gasteiger charge is 2.14. The fourth-order valence-electron chi connectivity index (χ4n) is 2.21. The van der Waals surface area contributed by atoms with Crippen LogP contribution in [0.15, 0.2) is 49.4 Å². The van der Waals surface area contributed by atoms with E-state index in [2.05, 4.69) is 16.5 Å². The first-order chi connectivity index (χ1) is 9.72. The molecule has 2 N–H and O–H groups in total. The molecule has 20 heavy (non-hydrogen) atoms. The van der Waals surface area contributed by atoms with Crippen LogP contribution < -0.4 is 5.73 Å². The molecule has 0 aliphatic rings. The fourth-order valence-corrected chi connectivity index (χ4v) is 2.43. The third kappa shape index (κ3) is 1.94. The number of hydrogen-bond donors (Lipinski definition) is 1. The van der Waals surface area contributed by atoms with Crippen LogP contribution in [-0.2, 0) is 6.54 Å². The number of benzene rings is 1. The van der Waals surface area contributed by atoms with E-state index in [0.717, 1.165) is 16.5 Å². The van der Waals surface area contributed by atoms with Crippen molar-refractivity contribution in [2.45, 2.75) is 6.54 Å². The molecule has 0 fully saturated rings. The Morgan fingerprint density at radius 3 is 2.95 bits per heavy atom. The van der Waals surface area contributed by atoms with E-state index in [-0.39, 0.29) is 0 Å². The zero-order valence-corrected chi connectivity index (χ0v) is 11.5. The van der Waals surface area contributed by atoms with Crippen LogP contribution in [0.4, 0.5) is 5.82 Å². The number of imidazole rings is 1. The van der Waals surface area contributed by atoms with Crippen LogP contribution >= 0.6 is 11.6 Å². The molecule has 0 unspecified atom stereocenters. The minimum atomic E-state index is 0.596. The van der Waals surface area contributed by atoms with Crippen LogP contribution in [0.3, 0.4) is 0 Å². The molecule has 3 aromatic rings. The Hall–Kier alpha value is -2.33. The molecule has 0 aliphatic heterocycles. The molecule has 0 atom stereocenters. The maximum absolute atomic E-state index is 6.20. The number of allylic oxidation sites excluding steroid dienone is 1. The predicted octanol–water partition coefficient (Wildman–Crippen LogP) is 3.52. The molecule has 0 bridgehead atoms. The Kier molecular flexibility index (Phi) is 3.16. The van der Waals surface area contributed by atoms with E-state index in [1.165, 1.54) is 0 Å². The maximum Gasteiger partial charge on any atom is 0.131 e. The molecule has 0 spiro atoms. The number of halogens is 1. The molecule has 2 aromatic heterocycles. The lowest BCUT2D eigenvalue weighted by molar-refractivity contribution is 0.833. The van der Waals surface area contributed by atoms with E-state index in [4.69, 9.17) is 17.3 Å². The number of rotatable bonds is 3. The molecule has 3 rings (SSSR count). The second-order valence-electron chi connectivity index (χ2n) is 4.41. The van der Waals surface area contributed by atoms with Crippen molar-refractivity contribution in [1.82, 2.24) is 14.5 Å². The first-order valence-electron chi connectivity index (χ1n) is 6.17. The average molecular weight is 285 g/mol. The topological polar surface area (TPSA) is 56.7 Å². The van der Waals surface area contributed by atoms with E-state index < -0.39 is 0 Å². The van der Waals surface area contributed by atoms with Gasteiger partial charge >= 0.3 is 0 Å². The monoisotopic (exact) mass is 284 g/mol. The second-order valence-corrected chi connectivity index (χ2v) is 4.82. The van der Waals surface area contributed by atoms with E-state index in [1.807, 2.05) is 28.8 Å². The Morgan fingerprint density at radius 2 is 2.15 bits per heavy atom. The van der Waals surface area contributed by atoms with Crippen molar-refractivity contribution in [2.75, 3.05) is 5.73 Å². The van der Waals surface area contributed by atoms with Gasteiger partial charge in [0, 0.05) is 23.7 Å². The summed E-state index contributed by atoms with van der Waals surface area (Å²) in [6, 6.07) is 7.53. The molecule has 100 valence electrons. The molecule has 1 aromatic carbocycles. The van der Waals surface area contributed by atoms with Crippen LogP contribution in [0.25, 0.3) is 22.2 Å². The van der Waals surface area contributed by atoms with E-state index >= 15 is 0 Å². The first kappa shape index (κ1) is 12.7. The Morgan fingerprint density at radius 1 is 1.30 bits per heavy atom. The number of pyridine rings is 1. The molecule has 0 saturated heterocycles. The fraction of sp³-hybridized carbons (Fsp3) is 0.0667. The van der Waals surface area contributed by atoms with Gasteiger partial charge in [-0.3, -0.25) is 4.98 Å². The van der Waals surface area contributed by atoms with Crippen molar-refractivity contribution in [3.8, 4) is 11.3 Å². The first-order valence-corrected chi connectivity index (χ1v) is 6.55. The maximum atomic E-state index is 6.20. The third-order valence-corrected chi connectivity index (χ3v) is 3.51. The van der Waals surface area contributed by atoms with Crippen LogP contribution in [0, 0.1) is 0 Å². The van der Waals surface area contributed by atoms with Crippen molar-refractivity contribution in [2.24, 2.45) is 0 Å². The summed E-state index contributed by atoms with van der Waals surface area (Å²) in [4.78, 5) is 8.80. The summed E-state index contributed by atoms with van der Waals surface area (Å²) in [6.45, 7) is 4.33. The molecule has 5 heteroatoms. The van der Waals surface area contributed by atoms with Gasteiger partial charge in [-0.1, -0.05) is 17.7 Å². The normalized spacial score (nSPS) is 10.8. The average Bonchev–Trinajstić information content (AvgIpc) is 2.82. The summed E-state index contributed by atoms with van der Waals surface area (Å²) < 4.78 is 1.84. The van der Waals surface area contributed by atoms with Gasteiger partial charge in [0.15, 0.2) is 0 Å². The van der Waals surface area contributed by atoms with Crippen molar-refractivity contribution in [3.05, 3.63) is 54.5 Å². The third-order valence-electron chi connectivity index (χ3n) is 3.18. The number of nitrogens with zero attached hydrogens (tertiary/aromatic N) is 3. The van der Waals surface area contributed by atoms with Gasteiger partial charge in [-0.2, -0.15) is 0 Å². The molecular formula is C15H13ClN4. The minimum Gasteiger partial charge on any atom is -0.383 e. The quantitative estimate of drug-likeness (QED) is 0.749. The van der Waals surface area contributed by atoms with E-state index in [9.17, 15) is 0 Å². The van der Waals surface area contributed by atoms with Gasteiger partial charge in [-0.05, 0) is 24.3 Å².